The lowest BCUT2D eigenvalue weighted by Gasteiger charge is -2.25. The zero-order valence-corrected chi connectivity index (χ0v) is 13.3. The first kappa shape index (κ1) is 15.8. The van der Waals surface area contributed by atoms with Gasteiger partial charge in [0.05, 0.1) is 13.0 Å². The van der Waals surface area contributed by atoms with E-state index in [1.54, 1.807) is 0 Å². The highest BCUT2D eigenvalue weighted by Crippen LogP contribution is 2.34. The summed E-state index contributed by atoms with van der Waals surface area (Å²) in [7, 11) is 0. The molecule has 0 spiro atoms. The summed E-state index contributed by atoms with van der Waals surface area (Å²) in [6.45, 7) is 8.96. The molecule has 1 fully saturated rings. The number of carbonyl (C=O) groups is 1. The fourth-order valence-corrected chi connectivity index (χ4v) is 2.78. The van der Waals surface area contributed by atoms with Crippen LogP contribution >= 0.6 is 0 Å². The number of rotatable bonds is 5. The van der Waals surface area contributed by atoms with Crippen LogP contribution in [0.15, 0.2) is 24.3 Å². The van der Waals surface area contributed by atoms with Gasteiger partial charge in [-0.05, 0) is 37.1 Å². The molecule has 1 amide bonds. The van der Waals surface area contributed by atoms with Crippen LogP contribution in [0.25, 0.3) is 0 Å². The monoisotopic (exact) mass is 290 g/mol. The predicted octanol–water partition coefficient (Wildman–Crippen LogP) is 2.21. The Morgan fingerprint density at radius 2 is 2.29 bits per heavy atom. The van der Waals surface area contributed by atoms with Crippen molar-refractivity contribution in [3.05, 3.63) is 29.8 Å². The molecule has 1 aliphatic rings. The summed E-state index contributed by atoms with van der Waals surface area (Å²) in [5.41, 5.74) is 7.06. The smallest absolute Gasteiger partial charge is 0.226 e. The van der Waals surface area contributed by atoms with Crippen molar-refractivity contribution in [3.8, 4) is 5.75 Å². The topological polar surface area (TPSA) is 55.6 Å². The fourth-order valence-electron chi connectivity index (χ4n) is 2.78. The van der Waals surface area contributed by atoms with Gasteiger partial charge >= 0.3 is 0 Å². The van der Waals surface area contributed by atoms with E-state index in [1.165, 1.54) is 0 Å². The van der Waals surface area contributed by atoms with Gasteiger partial charge in [-0.3, -0.25) is 4.79 Å². The number of hydrogen-bond donors (Lipinski definition) is 1. The van der Waals surface area contributed by atoms with Crippen molar-refractivity contribution in [1.29, 1.82) is 0 Å². The maximum atomic E-state index is 12.3. The number of nitrogens with zero attached hydrogens (tertiary/aromatic N) is 1. The summed E-state index contributed by atoms with van der Waals surface area (Å²) in [5, 5.41) is 0. The molecule has 2 N–H and O–H groups in total. The van der Waals surface area contributed by atoms with Crippen molar-refractivity contribution in [3.63, 3.8) is 0 Å². The Morgan fingerprint density at radius 1 is 1.52 bits per heavy atom. The molecule has 1 heterocycles. The number of ether oxygens (including phenoxy) is 1. The zero-order chi connectivity index (χ0) is 15.5. The highest BCUT2D eigenvalue weighted by atomic mass is 16.5. The SMILES string of the molecule is Cc1cccc(OCCC(=O)N2C[C@@H](C)[C@](C)(CN)C2)c1. The van der Waals surface area contributed by atoms with E-state index in [0.29, 0.717) is 25.5 Å². The molecule has 2 rings (SSSR count). The Balaban J connectivity index is 1.81. The van der Waals surface area contributed by atoms with Crippen LogP contribution in [0.4, 0.5) is 0 Å². The normalized spacial score (nSPS) is 25.1. The van der Waals surface area contributed by atoms with Crippen LogP contribution in [0.3, 0.4) is 0 Å². The van der Waals surface area contributed by atoms with Crippen LogP contribution in [0.2, 0.25) is 0 Å². The fraction of sp³-hybridized carbons (Fsp3) is 0.588. The van der Waals surface area contributed by atoms with Crippen LogP contribution in [-0.4, -0.2) is 37.0 Å². The Labute approximate surface area is 127 Å². The van der Waals surface area contributed by atoms with Gasteiger partial charge in [0.2, 0.25) is 5.91 Å². The lowest BCUT2D eigenvalue weighted by molar-refractivity contribution is -0.131. The Bertz CT molecular complexity index is 503. The van der Waals surface area contributed by atoms with Crippen molar-refractivity contribution in [2.75, 3.05) is 26.2 Å². The molecule has 0 unspecified atom stereocenters. The highest BCUT2D eigenvalue weighted by Gasteiger charge is 2.40. The van der Waals surface area contributed by atoms with Crippen LogP contribution in [0.1, 0.15) is 25.8 Å². The maximum Gasteiger partial charge on any atom is 0.226 e. The number of amides is 1. The molecule has 0 radical (unpaired) electrons. The van der Waals surface area contributed by atoms with E-state index >= 15 is 0 Å². The van der Waals surface area contributed by atoms with E-state index in [0.717, 1.165) is 24.4 Å². The Hall–Kier alpha value is -1.55. The molecule has 0 aromatic heterocycles. The van der Waals surface area contributed by atoms with Crippen molar-refractivity contribution in [2.45, 2.75) is 27.2 Å². The Morgan fingerprint density at radius 3 is 2.90 bits per heavy atom. The lowest BCUT2D eigenvalue weighted by atomic mass is 9.81. The summed E-state index contributed by atoms with van der Waals surface area (Å²) in [5.74, 6) is 1.43. The first-order valence-corrected chi connectivity index (χ1v) is 7.62. The summed E-state index contributed by atoms with van der Waals surface area (Å²) in [6.07, 6.45) is 0.418. The van der Waals surface area contributed by atoms with Crippen molar-refractivity contribution in [1.82, 2.24) is 4.90 Å². The third-order valence-corrected chi connectivity index (χ3v) is 4.63. The first-order chi connectivity index (χ1) is 9.94. The quantitative estimate of drug-likeness (QED) is 0.904. The second-order valence-electron chi connectivity index (χ2n) is 6.45. The predicted molar refractivity (Wildman–Crippen MR) is 84.2 cm³/mol. The van der Waals surface area contributed by atoms with Crippen molar-refractivity contribution in [2.24, 2.45) is 17.1 Å². The van der Waals surface area contributed by atoms with Gasteiger partial charge in [0.25, 0.3) is 0 Å². The van der Waals surface area contributed by atoms with Gasteiger partial charge in [-0.2, -0.15) is 0 Å². The second kappa shape index (κ2) is 6.48. The van der Waals surface area contributed by atoms with E-state index in [-0.39, 0.29) is 11.3 Å². The van der Waals surface area contributed by atoms with Gasteiger partial charge in [0.15, 0.2) is 0 Å². The molecule has 4 heteroatoms. The first-order valence-electron chi connectivity index (χ1n) is 7.62. The van der Waals surface area contributed by atoms with Gasteiger partial charge in [0.1, 0.15) is 5.75 Å². The lowest BCUT2D eigenvalue weighted by Crippen LogP contribution is -2.36. The molecule has 1 aromatic rings. The van der Waals surface area contributed by atoms with Gasteiger partial charge in [-0.25, -0.2) is 0 Å². The Kier molecular flexibility index (Phi) is 4.88. The van der Waals surface area contributed by atoms with E-state index in [1.807, 2.05) is 36.1 Å². The van der Waals surface area contributed by atoms with E-state index in [9.17, 15) is 4.79 Å². The molecule has 0 saturated carbocycles. The van der Waals surface area contributed by atoms with Gasteiger partial charge in [-0.1, -0.05) is 26.0 Å². The molecule has 1 saturated heterocycles. The van der Waals surface area contributed by atoms with Crippen molar-refractivity contribution < 1.29 is 9.53 Å². The van der Waals surface area contributed by atoms with E-state index in [2.05, 4.69) is 13.8 Å². The molecule has 2 atom stereocenters. The molecular weight excluding hydrogens is 264 g/mol. The molecule has 0 aliphatic carbocycles. The summed E-state index contributed by atoms with van der Waals surface area (Å²) >= 11 is 0. The average molecular weight is 290 g/mol. The molecule has 0 bridgehead atoms. The van der Waals surface area contributed by atoms with Crippen molar-refractivity contribution >= 4 is 5.91 Å². The average Bonchev–Trinajstić information content (AvgIpc) is 2.76. The molecule has 1 aromatic carbocycles. The number of aryl methyl sites for hydroxylation is 1. The second-order valence-corrected chi connectivity index (χ2v) is 6.45. The summed E-state index contributed by atoms with van der Waals surface area (Å²) in [4.78, 5) is 14.2. The standard InChI is InChI=1S/C17H26N2O2/c1-13-5-4-6-15(9-13)21-8-7-16(20)19-10-14(2)17(3,11-18)12-19/h4-6,9,14H,7-8,10-12,18H2,1-3H3/t14-,17-/m1/s1. The van der Waals surface area contributed by atoms with Crippen LogP contribution in [0.5, 0.6) is 5.75 Å². The largest absolute Gasteiger partial charge is 0.493 e. The van der Waals surface area contributed by atoms with E-state index in [4.69, 9.17) is 10.5 Å². The molecule has 1 aliphatic heterocycles. The van der Waals surface area contributed by atoms with Gasteiger partial charge in [-0.15, -0.1) is 0 Å². The minimum absolute atomic E-state index is 0.0487. The summed E-state index contributed by atoms with van der Waals surface area (Å²) < 4.78 is 5.65. The third kappa shape index (κ3) is 3.76. The van der Waals surface area contributed by atoms with Crippen LogP contribution in [-0.2, 0) is 4.79 Å². The molecular formula is C17H26N2O2. The zero-order valence-electron chi connectivity index (χ0n) is 13.3. The number of carbonyl (C=O) groups excluding carboxylic acids is 1. The maximum absolute atomic E-state index is 12.3. The minimum Gasteiger partial charge on any atom is -0.493 e. The number of likely N-dealkylation sites (tertiary alicyclic amines) is 1. The molecule has 21 heavy (non-hydrogen) atoms. The minimum atomic E-state index is 0.0487. The number of benzene rings is 1. The summed E-state index contributed by atoms with van der Waals surface area (Å²) in [6, 6.07) is 7.88. The number of nitrogens with two attached hydrogens (primary N) is 1. The van der Waals surface area contributed by atoms with Gasteiger partial charge in [0, 0.05) is 18.5 Å². The number of hydrogen-bond acceptors (Lipinski definition) is 3. The molecule has 4 nitrogen and oxygen atoms in total. The van der Waals surface area contributed by atoms with Gasteiger partial charge < -0.3 is 15.4 Å². The third-order valence-electron chi connectivity index (χ3n) is 4.63. The molecule has 116 valence electrons. The van der Waals surface area contributed by atoms with Crippen LogP contribution in [0, 0.1) is 18.3 Å². The highest BCUT2D eigenvalue weighted by molar-refractivity contribution is 5.76. The van der Waals surface area contributed by atoms with Crippen LogP contribution < -0.4 is 10.5 Å². The van der Waals surface area contributed by atoms with E-state index < -0.39 is 0 Å².